The Balaban J connectivity index is 3.38. The van der Waals surface area contributed by atoms with Crippen LogP contribution in [-0.2, 0) is 0 Å². The van der Waals surface area contributed by atoms with Crippen molar-refractivity contribution in [3.05, 3.63) is 26.8 Å². The van der Waals surface area contributed by atoms with E-state index in [0.717, 1.165) is 6.07 Å². The molecular formula is C7H3F3INO. The molecule has 6 heteroatoms. The van der Waals surface area contributed by atoms with E-state index in [1.807, 2.05) is 0 Å². The van der Waals surface area contributed by atoms with Crippen LogP contribution in [-0.4, -0.2) is 11.3 Å². The van der Waals surface area contributed by atoms with Gasteiger partial charge in [0.25, 0.3) is 6.43 Å². The highest BCUT2D eigenvalue weighted by Gasteiger charge is 2.18. The summed E-state index contributed by atoms with van der Waals surface area (Å²) in [6, 6.07) is 0.984. The lowest BCUT2D eigenvalue weighted by Crippen LogP contribution is -2.02. The van der Waals surface area contributed by atoms with Gasteiger partial charge in [-0.2, -0.15) is 4.39 Å². The van der Waals surface area contributed by atoms with Gasteiger partial charge in [0, 0.05) is 5.56 Å². The molecule has 0 atom stereocenters. The Morgan fingerprint density at radius 1 is 1.54 bits per heavy atom. The maximum absolute atomic E-state index is 12.8. The number of carbonyl (C=O) groups is 1. The molecule has 0 fully saturated rings. The third-order valence-electron chi connectivity index (χ3n) is 1.37. The van der Waals surface area contributed by atoms with E-state index in [-0.39, 0.29) is 9.99 Å². The number of halogens is 4. The first-order valence-corrected chi connectivity index (χ1v) is 4.23. The van der Waals surface area contributed by atoms with Gasteiger partial charge in [0.1, 0.15) is 3.70 Å². The van der Waals surface area contributed by atoms with Crippen LogP contribution in [0.2, 0.25) is 0 Å². The molecule has 0 N–H and O–H groups in total. The second-order valence-corrected chi connectivity index (χ2v) is 3.26. The predicted octanol–water partition coefficient (Wildman–Crippen LogP) is 2.58. The summed E-state index contributed by atoms with van der Waals surface area (Å²) < 4.78 is 37.3. The van der Waals surface area contributed by atoms with Gasteiger partial charge >= 0.3 is 0 Å². The highest BCUT2D eigenvalue weighted by atomic mass is 127. The van der Waals surface area contributed by atoms with Gasteiger partial charge in [-0.05, 0) is 28.7 Å². The molecule has 0 aliphatic rings. The zero-order valence-electron chi connectivity index (χ0n) is 6.10. The molecule has 0 bridgehead atoms. The maximum Gasteiger partial charge on any atom is 0.264 e. The minimum Gasteiger partial charge on any atom is -0.298 e. The van der Waals surface area contributed by atoms with Gasteiger partial charge in [-0.15, -0.1) is 0 Å². The van der Waals surface area contributed by atoms with E-state index < -0.39 is 23.5 Å². The Bertz CT molecular complexity index is 343. The number of aldehydes is 1. The summed E-state index contributed by atoms with van der Waals surface area (Å²) in [4.78, 5) is 13.5. The lowest BCUT2D eigenvalue weighted by Gasteiger charge is -2.03. The number of pyridine rings is 1. The number of hydrogen-bond donors (Lipinski definition) is 0. The van der Waals surface area contributed by atoms with Gasteiger partial charge in [0.2, 0.25) is 5.95 Å². The summed E-state index contributed by atoms with van der Waals surface area (Å²) in [5.41, 5.74) is -1.29. The summed E-state index contributed by atoms with van der Waals surface area (Å²) in [6.45, 7) is 0. The molecule has 0 aliphatic carbocycles. The molecule has 70 valence electrons. The average molecular weight is 301 g/mol. The molecule has 1 aromatic rings. The van der Waals surface area contributed by atoms with Gasteiger partial charge in [0.05, 0.1) is 5.56 Å². The standard InChI is InChI=1S/C7H3F3INO/c8-6(9)3-1-5(11)12-7(10)4(3)2-13/h1-2,6H. The van der Waals surface area contributed by atoms with Crippen molar-refractivity contribution in [3.8, 4) is 0 Å². The van der Waals surface area contributed by atoms with E-state index in [1.54, 1.807) is 22.6 Å². The number of alkyl halides is 2. The third-order valence-corrected chi connectivity index (χ3v) is 1.92. The molecule has 0 spiro atoms. The smallest absolute Gasteiger partial charge is 0.264 e. The molecular weight excluding hydrogens is 298 g/mol. The van der Waals surface area contributed by atoms with Gasteiger partial charge in [-0.1, -0.05) is 0 Å². The van der Waals surface area contributed by atoms with Crippen molar-refractivity contribution < 1.29 is 18.0 Å². The first-order valence-electron chi connectivity index (χ1n) is 3.15. The van der Waals surface area contributed by atoms with E-state index in [9.17, 15) is 18.0 Å². The van der Waals surface area contributed by atoms with E-state index in [2.05, 4.69) is 4.98 Å². The van der Waals surface area contributed by atoms with Crippen LogP contribution in [0.4, 0.5) is 13.2 Å². The number of aromatic nitrogens is 1. The minimum absolute atomic E-state index is 0.0416. The second-order valence-electron chi connectivity index (χ2n) is 2.16. The average Bonchev–Trinajstić information content (AvgIpc) is 2.02. The monoisotopic (exact) mass is 301 g/mol. The first kappa shape index (κ1) is 10.4. The van der Waals surface area contributed by atoms with Crippen LogP contribution in [0.5, 0.6) is 0 Å². The Hall–Kier alpha value is -0.660. The molecule has 0 unspecified atom stereocenters. The lowest BCUT2D eigenvalue weighted by molar-refractivity contribution is 0.110. The van der Waals surface area contributed by atoms with Crippen molar-refractivity contribution in [3.63, 3.8) is 0 Å². The third kappa shape index (κ3) is 2.17. The Labute approximate surface area is 85.3 Å². The van der Waals surface area contributed by atoms with Crippen molar-refractivity contribution >= 4 is 28.9 Å². The van der Waals surface area contributed by atoms with Gasteiger partial charge < -0.3 is 0 Å². The topological polar surface area (TPSA) is 30.0 Å². The SMILES string of the molecule is O=Cc1c(C(F)F)cc(I)nc1F. The van der Waals surface area contributed by atoms with Crippen LogP contribution in [0.25, 0.3) is 0 Å². The second kappa shape index (κ2) is 4.03. The largest absolute Gasteiger partial charge is 0.298 e. The number of hydrogen-bond acceptors (Lipinski definition) is 2. The summed E-state index contributed by atoms with van der Waals surface area (Å²) in [5.74, 6) is -1.16. The molecule has 2 nitrogen and oxygen atoms in total. The van der Waals surface area contributed by atoms with Crippen molar-refractivity contribution in [2.75, 3.05) is 0 Å². The number of carbonyl (C=O) groups excluding carboxylic acids is 1. The van der Waals surface area contributed by atoms with Crippen molar-refractivity contribution in [2.45, 2.75) is 6.43 Å². The van der Waals surface area contributed by atoms with Gasteiger partial charge in [-0.25, -0.2) is 13.8 Å². The fourth-order valence-corrected chi connectivity index (χ4v) is 1.36. The van der Waals surface area contributed by atoms with Crippen LogP contribution in [0.3, 0.4) is 0 Å². The highest BCUT2D eigenvalue weighted by molar-refractivity contribution is 14.1. The molecule has 0 saturated heterocycles. The summed E-state index contributed by atoms with van der Waals surface area (Å²) in [6.07, 6.45) is -2.83. The van der Waals surface area contributed by atoms with E-state index in [4.69, 9.17) is 0 Å². The molecule has 0 amide bonds. The van der Waals surface area contributed by atoms with E-state index >= 15 is 0 Å². The Kier molecular flexibility index (Phi) is 3.23. The van der Waals surface area contributed by atoms with Crippen molar-refractivity contribution in [2.24, 2.45) is 0 Å². The molecule has 13 heavy (non-hydrogen) atoms. The van der Waals surface area contributed by atoms with Gasteiger partial charge in [0.15, 0.2) is 6.29 Å². The Morgan fingerprint density at radius 3 is 2.62 bits per heavy atom. The number of nitrogens with zero attached hydrogens (tertiary/aromatic N) is 1. The summed E-state index contributed by atoms with van der Waals surface area (Å²) >= 11 is 1.60. The Morgan fingerprint density at radius 2 is 2.15 bits per heavy atom. The van der Waals surface area contributed by atoms with E-state index in [1.165, 1.54) is 0 Å². The van der Waals surface area contributed by atoms with Gasteiger partial charge in [-0.3, -0.25) is 4.79 Å². The first-order chi connectivity index (χ1) is 6.06. The molecule has 0 radical (unpaired) electrons. The van der Waals surface area contributed by atoms with Crippen LogP contribution >= 0.6 is 22.6 Å². The van der Waals surface area contributed by atoms with Crippen LogP contribution < -0.4 is 0 Å². The van der Waals surface area contributed by atoms with E-state index in [0.29, 0.717) is 0 Å². The zero-order chi connectivity index (χ0) is 10.0. The minimum atomic E-state index is -2.87. The molecule has 1 rings (SSSR count). The maximum atomic E-state index is 12.8. The van der Waals surface area contributed by atoms with Crippen molar-refractivity contribution in [1.29, 1.82) is 0 Å². The normalized spacial score (nSPS) is 10.5. The van der Waals surface area contributed by atoms with Crippen LogP contribution in [0.15, 0.2) is 6.07 Å². The summed E-state index contributed by atoms with van der Waals surface area (Å²) in [5, 5.41) is 0. The lowest BCUT2D eigenvalue weighted by atomic mass is 10.1. The molecule has 1 heterocycles. The van der Waals surface area contributed by atoms with Crippen molar-refractivity contribution in [1.82, 2.24) is 4.98 Å². The van der Waals surface area contributed by atoms with Crippen LogP contribution in [0, 0.1) is 9.65 Å². The molecule has 0 aromatic carbocycles. The fourth-order valence-electron chi connectivity index (χ4n) is 0.809. The number of rotatable bonds is 2. The van der Waals surface area contributed by atoms with Crippen LogP contribution in [0.1, 0.15) is 22.3 Å². The molecule has 0 saturated carbocycles. The zero-order valence-corrected chi connectivity index (χ0v) is 8.26. The molecule has 0 aliphatic heterocycles. The molecule has 1 aromatic heterocycles. The fraction of sp³-hybridized carbons (Fsp3) is 0.143. The quantitative estimate of drug-likeness (QED) is 0.477. The highest BCUT2D eigenvalue weighted by Crippen LogP contribution is 2.24. The predicted molar refractivity (Wildman–Crippen MR) is 47.3 cm³/mol. The summed E-state index contributed by atoms with van der Waals surface area (Å²) in [7, 11) is 0.